The second kappa shape index (κ2) is 9.99. The highest BCUT2D eigenvalue weighted by molar-refractivity contribution is 5.79. The Kier molecular flexibility index (Phi) is 7.14. The highest BCUT2D eigenvalue weighted by Gasteiger charge is 2.13. The first kappa shape index (κ1) is 20.0. The van der Waals surface area contributed by atoms with Crippen molar-refractivity contribution in [2.45, 2.75) is 33.5 Å². The molecule has 3 rings (SSSR count). The lowest BCUT2D eigenvalue weighted by Crippen LogP contribution is -2.36. The van der Waals surface area contributed by atoms with E-state index in [1.165, 1.54) is 11.1 Å². The van der Waals surface area contributed by atoms with Crippen LogP contribution in [0.25, 0.3) is 0 Å². The number of fused-ring (bicyclic) bond motifs is 1. The smallest absolute Gasteiger partial charge is 0.231 e. The molecule has 0 atom stereocenters. The maximum Gasteiger partial charge on any atom is 0.231 e. The molecule has 0 aromatic heterocycles. The second-order valence-electron chi connectivity index (χ2n) is 6.89. The third-order valence-corrected chi connectivity index (χ3v) is 4.64. The van der Waals surface area contributed by atoms with Gasteiger partial charge in [0.1, 0.15) is 0 Å². The lowest BCUT2D eigenvalue weighted by atomic mass is 10.1. The Labute approximate surface area is 167 Å². The minimum absolute atomic E-state index is 0.295. The maximum atomic E-state index is 5.45. The number of benzene rings is 2. The first-order valence-electron chi connectivity index (χ1n) is 9.85. The lowest BCUT2D eigenvalue weighted by molar-refractivity contribution is 0.174. The molecule has 150 valence electrons. The molecule has 6 nitrogen and oxygen atoms in total. The second-order valence-corrected chi connectivity index (χ2v) is 6.89. The lowest BCUT2D eigenvalue weighted by Gasteiger charge is -2.14. The van der Waals surface area contributed by atoms with Gasteiger partial charge in [0, 0.05) is 19.6 Å². The molecule has 0 bridgehead atoms. The largest absolute Gasteiger partial charge is 0.454 e. The monoisotopic (exact) mass is 382 g/mol. The predicted octanol–water partition coefficient (Wildman–Crippen LogP) is 3.12. The summed E-state index contributed by atoms with van der Waals surface area (Å²) < 4.78 is 10.8. The Morgan fingerprint density at radius 1 is 1.00 bits per heavy atom. The number of aliphatic imine (C=N–C) groups is 1. The van der Waals surface area contributed by atoms with Gasteiger partial charge in [-0.2, -0.15) is 0 Å². The van der Waals surface area contributed by atoms with E-state index in [0.717, 1.165) is 42.7 Å². The van der Waals surface area contributed by atoms with E-state index in [-0.39, 0.29) is 0 Å². The minimum atomic E-state index is 0.295. The number of nitrogens with one attached hydrogen (secondary N) is 2. The van der Waals surface area contributed by atoms with Gasteiger partial charge in [-0.05, 0) is 49.3 Å². The van der Waals surface area contributed by atoms with Gasteiger partial charge in [0.2, 0.25) is 6.79 Å². The molecule has 0 radical (unpaired) electrons. The molecule has 2 N–H and O–H groups in total. The zero-order valence-electron chi connectivity index (χ0n) is 17.0. The SMILES string of the molecule is CCNC(=NCc1cccc(CN(C)CC)c1)NCc1ccc2c(c1)OCO2. The van der Waals surface area contributed by atoms with Gasteiger partial charge in [0.15, 0.2) is 17.5 Å². The summed E-state index contributed by atoms with van der Waals surface area (Å²) in [5.74, 6) is 2.41. The first-order chi connectivity index (χ1) is 13.7. The van der Waals surface area contributed by atoms with E-state index in [9.17, 15) is 0 Å². The molecular weight excluding hydrogens is 352 g/mol. The van der Waals surface area contributed by atoms with Crippen LogP contribution in [0.3, 0.4) is 0 Å². The van der Waals surface area contributed by atoms with E-state index in [4.69, 9.17) is 14.5 Å². The summed E-state index contributed by atoms with van der Waals surface area (Å²) in [5.41, 5.74) is 3.65. The average molecular weight is 383 g/mol. The van der Waals surface area contributed by atoms with Gasteiger partial charge in [0.25, 0.3) is 0 Å². The number of hydrogen-bond donors (Lipinski definition) is 2. The highest BCUT2D eigenvalue weighted by atomic mass is 16.7. The van der Waals surface area contributed by atoms with Crippen LogP contribution < -0.4 is 20.1 Å². The van der Waals surface area contributed by atoms with Crippen molar-refractivity contribution >= 4 is 5.96 Å². The zero-order valence-corrected chi connectivity index (χ0v) is 17.0. The van der Waals surface area contributed by atoms with Crippen LogP contribution >= 0.6 is 0 Å². The first-order valence-corrected chi connectivity index (χ1v) is 9.85. The number of ether oxygens (including phenoxy) is 2. The Morgan fingerprint density at radius 2 is 1.82 bits per heavy atom. The Morgan fingerprint density at radius 3 is 2.64 bits per heavy atom. The number of guanidine groups is 1. The molecule has 1 heterocycles. The average Bonchev–Trinajstić information content (AvgIpc) is 3.18. The normalized spacial score (nSPS) is 13.1. The van der Waals surface area contributed by atoms with Crippen LogP contribution in [-0.2, 0) is 19.6 Å². The van der Waals surface area contributed by atoms with Crippen LogP contribution in [0.2, 0.25) is 0 Å². The van der Waals surface area contributed by atoms with Gasteiger partial charge >= 0.3 is 0 Å². The van der Waals surface area contributed by atoms with Gasteiger partial charge in [-0.25, -0.2) is 4.99 Å². The number of nitrogens with zero attached hydrogens (tertiary/aromatic N) is 2. The third-order valence-electron chi connectivity index (χ3n) is 4.64. The van der Waals surface area contributed by atoms with E-state index in [2.05, 4.69) is 60.7 Å². The Bertz CT molecular complexity index is 807. The summed E-state index contributed by atoms with van der Waals surface area (Å²) in [4.78, 5) is 7.03. The fraction of sp³-hybridized carbons (Fsp3) is 0.409. The van der Waals surface area contributed by atoms with Crippen molar-refractivity contribution < 1.29 is 9.47 Å². The molecule has 2 aromatic rings. The molecule has 6 heteroatoms. The van der Waals surface area contributed by atoms with E-state index in [0.29, 0.717) is 19.9 Å². The van der Waals surface area contributed by atoms with E-state index < -0.39 is 0 Å². The van der Waals surface area contributed by atoms with E-state index in [1.807, 2.05) is 18.2 Å². The Hall–Kier alpha value is -2.73. The molecule has 0 saturated carbocycles. The van der Waals surface area contributed by atoms with Gasteiger partial charge < -0.3 is 25.0 Å². The molecule has 1 aliphatic rings. The maximum absolute atomic E-state index is 5.45. The van der Waals surface area contributed by atoms with Crippen molar-refractivity contribution in [3.05, 3.63) is 59.2 Å². The summed E-state index contributed by atoms with van der Waals surface area (Å²) in [7, 11) is 2.13. The Balaban J connectivity index is 1.60. The van der Waals surface area contributed by atoms with Crippen LogP contribution in [0.1, 0.15) is 30.5 Å². The number of hydrogen-bond acceptors (Lipinski definition) is 4. The topological polar surface area (TPSA) is 58.1 Å². The molecular formula is C22H30N4O2. The van der Waals surface area contributed by atoms with Crippen molar-refractivity contribution in [2.24, 2.45) is 4.99 Å². The molecule has 0 fully saturated rings. The van der Waals surface area contributed by atoms with Gasteiger partial charge in [-0.3, -0.25) is 0 Å². The van der Waals surface area contributed by atoms with Crippen LogP contribution in [0.15, 0.2) is 47.5 Å². The standard InChI is InChI=1S/C22H30N4O2/c1-4-23-22(25-14-18-9-10-20-21(12-18)28-16-27-20)24-13-17-7-6-8-19(11-17)15-26(3)5-2/h6-12H,4-5,13-16H2,1-3H3,(H2,23,24,25). The molecule has 1 aliphatic heterocycles. The molecule has 0 unspecified atom stereocenters. The van der Waals surface area contributed by atoms with Crippen molar-refractivity contribution in [3.8, 4) is 11.5 Å². The summed E-state index contributed by atoms with van der Waals surface area (Å²) in [5, 5.41) is 6.69. The summed E-state index contributed by atoms with van der Waals surface area (Å²) in [6.45, 7) is 8.65. The van der Waals surface area contributed by atoms with Crippen LogP contribution in [-0.4, -0.2) is 37.8 Å². The van der Waals surface area contributed by atoms with Gasteiger partial charge in [-0.1, -0.05) is 37.3 Å². The molecule has 0 amide bonds. The van der Waals surface area contributed by atoms with Gasteiger partial charge in [0.05, 0.1) is 6.54 Å². The van der Waals surface area contributed by atoms with Crippen molar-refractivity contribution in [1.29, 1.82) is 0 Å². The van der Waals surface area contributed by atoms with Gasteiger partial charge in [-0.15, -0.1) is 0 Å². The third kappa shape index (κ3) is 5.63. The molecule has 0 saturated heterocycles. The van der Waals surface area contributed by atoms with Crippen molar-refractivity contribution in [1.82, 2.24) is 15.5 Å². The summed E-state index contributed by atoms with van der Waals surface area (Å²) >= 11 is 0. The van der Waals surface area contributed by atoms with Crippen LogP contribution in [0, 0.1) is 0 Å². The zero-order chi connectivity index (χ0) is 19.8. The fourth-order valence-electron chi connectivity index (χ4n) is 3.00. The van der Waals surface area contributed by atoms with Crippen LogP contribution in [0.5, 0.6) is 11.5 Å². The predicted molar refractivity (Wildman–Crippen MR) is 113 cm³/mol. The summed E-state index contributed by atoms with van der Waals surface area (Å²) in [6.07, 6.45) is 0. The molecule has 2 aromatic carbocycles. The van der Waals surface area contributed by atoms with Crippen molar-refractivity contribution in [2.75, 3.05) is 26.9 Å². The summed E-state index contributed by atoms with van der Waals surface area (Å²) in [6, 6.07) is 14.6. The quantitative estimate of drug-likeness (QED) is 0.543. The molecule has 0 aliphatic carbocycles. The molecule has 28 heavy (non-hydrogen) atoms. The van der Waals surface area contributed by atoms with E-state index >= 15 is 0 Å². The molecule has 0 spiro atoms. The minimum Gasteiger partial charge on any atom is -0.454 e. The van der Waals surface area contributed by atoms with Crippen LogP contribution in [0.4, 0.5) is 0 Å². The van der Waals surface area contributed by atoms with E-state index in [1.54, 1.807) is 0 Å². The number of rotatable bonds is 8. The fourth-order valence-corrected chi connectivity index (χ4v) is 3.00. The highest BCUT2D eigenvalue weighted by Crippen LogP contribution is 2.32. The van der Waals surface area contributed by atoms with Crippen molar-refractivity contribution in [3.63, 3.8) is 0 Å².